The molecule has 1 unspecified atom stereocenters. The van der Waals surface area contributed by atoms with E-state index >= 15 is 4.39 Å². The number of nitrogens with two attached hydrogens (primary N) is 1. The zero-order chi connectivity index (χ0) is 26.0. The summed E-state index contributed by atoms with van der Waals surface area (Å²) in [4.78, 5) is 21.2. The molecule has 1 amide bonds. The molecular formula is C25H27BrF2N4O4. The van der Waals surface area contributed by atoms with Crippen molar-refractivity contribution >= 4 is 27.7 Å². The largest absolute Gasteiger partial charge is 0.394 e. The van der Waals surface area contributed by atoms with Crippen LogP contribution in [-0.4, -0.2) is 60.9 Å². The highest BCUT2D eigenvalue weighted by atomic mass is 79.9. The number of aliphatic hydroxyl groups excluding tert-OH is 3. The van der Waals surface area contributed by atoms with Gasteiger partial charge >= 0.3 is 0 Å². The van der Waals surface area contributed by atoms with Crippen LogP contribution in [0.25, 0.3) is 11.3 Å². The molecule has 36 heavy (non-hydrogen) atoms. The van der Waals surface area contributed by atoms with E-state index in [4.69, 9.17) is 5.73 Å². The Labute approximate surface area is 215 Å². The number of aromatic nitrogens is 2. The number of benzene rings is 1. The fourth-order valence-corrected chi connectivity index (χ4v) is 5.11. The number of anilines is 1. The summed E-state index contributed by atoms with van der Waals surface area (Å²) in [6.45, 7) is -0.493. The van der Waals surface area contributed by atoms with Crippen LogP contribution in [0.15, 0.2) is 47.9 Å². The number of carbonyl (C=O) groups is 1. The summed E-state index contributed by atoms with van der Waals surface area (Å²) in [5.74, 6) is -2.05. The van der Waals surface area contributed by atoms with Crippen LogP contribution in [0, 0.1) is 5.82 Å². The van der Waals surface area contributed by atoms with Crippen molar-refractivity contribution in [2.75, 3.05) is 12.3 Å². The molecule has 2 aliphatic rings. The number of carbonyl (C=O) groups excluding carboxylic acids is 1. The molecule has 1 aromatic carbocycles. The maximum Gasteiger partial charge on any atom is 0.254 e. The van der Waals surface area contributed by atoms with E-state index in [-0.39, 0.29) is 34.2 Å². The summed E-state index contributed by atoms with van der Waals surface area (Å²) >= 11 is 3.30. The molecule has 4 rings (SSSR count). The minimum atomic E-state index is -0.912. The van der Waals surface area contributed by atoms with E-state index in [1.165, 1.54) is 24.4 Å². The minimum Gasteiger partial charge on any atom is -0.394 e. The highest BCUT2D eigenvalue weighted by Gasteiger charge is 2.30. The number of halogens is 3. The third kappa shape index (κ3) is 5.80. The molecule has 8 nitrogen and oxygen atoms in total. The van der Waals surface area contributed by atoms with Crippen molar-refractivity contribution in [3.8, 4) is 11.3 Å². The summed E-state index contributed by atoms with van der Waals surface area (Å²) < 4.78 is 28.8. The van der Waals surface area contributed by atoms with E-state index in [0.717, 1.165) is 6.07 Å². The van der Waals surface area contributed by atoms with Gasteiger partial charge in [0.2, 0.25) is 0 Å². The number of nitrogens with zero attached hydrogens (tertiary/aromatic N) is 2. The number of allylic oxidation sites excluding steroid dienone is 2. The van der Waals surface area contributed by atoms with Gasteiger partial charge in [-0.25, -0.2) is 18.7 Å². The fourth-order valence-electron chi connectivity index (χ4n) is 4.50. The average Bonchev–Trinajstić information content (AvgIpc) is 2.83. The van der Waals surface area contributed by atoms with E-state index in [9.17, 15) is 24.5 Å². The second-order valence-corrected chi connectivity index (χ2v) is 10.2. The van der Waals surface area contributed by atoms with Gasteiger partial charge in [-0.15, -0.1) is 0 Å². The molecule has 0 saturated heterocycles. The van der Waals surface area contributed by atoms with Gasteiger partial charge in [0.15, 0.2) is 0 Å². The van der Waals surface area contributed by atoms with Gasteiger partial charge in [-0.2, -0.15) is 0 Å². The molecule has 6 N–H and O–H groups in total. The van der Waals surface area contributed by atoms with Crippen LogP contribution in [0.3, 0.4) is 0 Å². The number of hydrogen-bond donors (Lipinski definition) is 5. The van der Waals surface area contributed by atoms with Gasteiger partial charge in [0.1, 0.15) is 23.2 Å². The molecule has 0 spiro atoms. The molecule has 0 radical (unpaired) electrons. The number of nitrogens with one attached hydrogen (secondary N) is 1. The van der Waals surface area contributed by atoms with Gasteiger partial charge in [-0.3, -0.25) is 4.79 Å². The molecule has 11 heteroatoms. The topological polar surface area (TPSA) is 142 Å². The molecule has 1 fully saturated rings. The first kappa shape index (κ1) is 26.3. The van der Waals surface area contributed by atoms with Crippen molar-refractivity contribution < 1.29 is 28.9 Å². The maximum atomic E-state index is 15.0. The van der Waals surface area contributed by atoms with E-state index < -0.39 is 42.4 Å². The summed E-state index contributed by atoms with van der Waals surface area (Å²) in [6, 6.07) is 2.98. The SMILES string of the molecule is Nc1ncc([C@@H]2CC[C@@H](O)[C@H](O)C2)nc1-c1ccc(C(=O)N[C@H](CO)C2=CC(Br)CC(F)=C2)c(F)c1. The lowest BCUT2D eigenvalue weighted by Gasteiger charge is -2.29. The second-order valence-electron chi connectivity index (χ2n) is 9.05. The van der Waals surface area contributed by atoms with Gasteiger partial charge in [-0.05, 0) is 43.0 Å². The minimum absolute atomic E-state index is 0.0782. The first-order valence-electron chi connectivity index (χ1n) is 11.6. The summed E-state index contributed by atoms with van der Waals surface area (Å²) in [5, 5.41) is 32.0. The monoisotopic (exact) mass is 564 g/mol. The third-order valence-corrected chi connectivity index (χ3v) is 7.07. The van der Waals surface area contributed by atoms with Crippen LogP contribution in [0.5, 0.6) is 0 Å². The van der Waals surface area contributed by atoms with Crippen LogP contribution in [-0.2, 0) is 0 Å². The summed E-state index contributed by atoms with van der Waals surface area (Å²) in [7, 11) is 0. The summed E-state index contributed by atoms with van der Waals surface area (Å²) in [5.41, 5.74) is 7.24. The number of rotatable bonds is 6. The van der Waals surface area contributed by atoms with Crippen molar-refractivity contribution in [3.63, 3.8) is 0 Å². The molecular weight excluding hydrogens is 538 g/mol. The van der Waals surface area contributed by atoms with E-state index in [2.05, 4.69) is 31.2 Å². The number of amides is 1. The van der Waals surface area contributed by atoms with Crippen molar-refractivity contribution in [1.29, 1.82) is 0 Å². The number of hydrogen-bond acceptors (Lipinski definition) is 7. The van der Waals surface area contributed by atoms with Crippen molar-refractivity contribution in [2.24, 2.45) is 0 Å². The standard InChI is InChI=1S/C25H27BrF2N4O4/c26-15-5-14(6-16(27)9-15)20(11-33)32-25(36)17-3-1-13(7-18(17)28)23-24(29)30-10-19(31-23)12-2-4-21(34)22(35)8-12/h1,3,5-7,10,12,15,20-22,33-35H,2,4,8-9,11H2,(H2,29,30)(H,32,36)/t12-,15?,20-,21-,22-/m1/s1. The molecule has 1 heterocycles. The van der Waals surface area contributed by atoms with E-state index in [1.807, 2.05) is 0 Å². The molecule has 5 atom stereocenters. The van der Waals surface area contributed by atoms with E-state index in [1.54, 1.807) is 6.08 Å². The number of nitrogen functional groups attached to an aromatic ring is 1. The lowest BCUT2D eigenvalue weighted by atomic mass is 9.83. The summed E-state index contributed by atoms with van der Waals surface area (Å²) in [6.07, 6.45) is 4.34. The molecule has 1 saturated carbocycles. The smallest absolute Gasteiger partial charge is 0.254 e. The predicted octanol–water partition coefficient (Wildman–Crippen LogP) is 2.89. The second kappa shape index (κ2) is 11.1. The van der Waals surface area contributed by atoms with Crippen LogP contribution in [0.2, 0.25) is 0 Å². The Balaban J connectivity index is 1.54. The van der Waals surface area contributed by atoms with E-state index in [0.29, 0.717) is 36.1 Å². The van der Waals surface area contributed by atoms with Gasteiger partial charge in [-0.1, -0.05) is 28.1 Å². The Kier molecular flexibility index (Phi) is 8.13. The third-order valence-electron chi connectivity index (χ3n) is 6.48. The molecule has 0 aliphatic heterocycles. The Morgan fingerprint density at radius 1 is 1.25 bits per heavy atom. The maximum absolute atomic E-state index is 15.0. The molecule has 1 aromatic heterocycles. The van der Waals surface area contributed by atoms with Crippen LogP contribution < -0.4 is 11.1 Å². The van der Waals surface area contributed by atoms with Crippen molar-refractivity contribution in [2.45, 2.75) is 54.7 Å². The van der Waals surface area contributed by atoms with Gasteiger partial charge in [0.05, 0.1) is 42.3 Å². The predicted molar refractivity (Wildman–Crippen MR) is 133 cm³/mol. The Bertz CT molecular complexity index is 1210. The lowest BCUT2D eigenvalue weighted by Crippen LogP contribution is -2.39. The zero-order valence-electron chi connectivity index (χ0n) is 19.2. The van der Waals surface area contributed by atoms with Crippen LogP contribution in [0.4, 0.5) is 14.6 Å². The molecule has 2 aliphatic carbocycles. The normalized spacial score (nSPS) is 25.1. The Morgan fingerprint density at radius 2 is 2.03 bits per heavy atom. The number of alkyl halides is 1. The fraction of sp³-hybridized carbons (Fsp3) is 0.400. The highest BCUT2D eigenvalue weighted by molar-refractivity contribution is 9.09. The van der Waals surface area contributed by atoms with Gasteiger partial charge in [0.25, 0.3) is 5.91 Å². The van der Waals surface area contributed by atoms with Crippen LogP contribution in [0.1, 0.15) is 47.7 Å². The first-order chi connectivity index (χ1) is 17.2. The van der Waals surface area contributed by atoms with Crippen molar-refractivity contribution in [3.05, 3.63) is 65.0 Å². The van der Waals surface area contributed by atoms with Gasteiger partial charge < -0.3 is 26.4 Å². The quantitative estimate of drug-likeness (QED) is 0.339. The lowest BCUT2D eigenvalue weighted by molar-refractivity contribution is -0.0153. The van der Waals surface area contributed by atoms with Gasteiger partial charge in [0, 0.05) is 22.7 Å². The van der Waals surface area contributed by atoms with Crippen molar-refractivity contribution in [1.82, 2.24) is 15.3 Å². The first-order valence-corrected chi connectivity index (χ1v) is 12.5. The molecule has 2 aromatic rings. The Hall–Kier alpha value is -2.73. The number of aliphatic hydroxyl groups is 3. The molecule has 0 bridgehead atoms. The van der Waals surface area contributed by atoms with Crippen LogP contribution >= 0.6 is 15.9 Å². The molecule has 192 valence electrons. The Morgan fingerprint density at radius 3 is 2.69 bits per heavy atom. The highest BCUT2D eigenvalue weighted by Crippen LogP contribution is 2.34. The zero-order valence-corrected chi connectivity index (χ0v) is 20.8. The average molecular weight is 565 g/mol.